The van der Waals surface area contributed by atoms with Gasteiger partial charge in [0.05, 0.1) is 17.7 Å². The lowest BCUT2D eigenvalue weighted by molar-refractivity contribution is 0.311. The van der Waals surface area contributed by atoms with E-state index in [1.165, 1.54) is 0 Å². The second kappa shape index (κ2) is 6.81. The molecule has 0 aromatic carbocycles. The van der Waals surface area contributed by atoms with Crippen LogP contribution in [0.15, 0.2) is 0 Å². The fourth-order valence-corrected chi connectivity index (χ4v) is 2.16. The SMILES string of the molecule is CCS(=O)(=O)CCCN(C)CC(C)C#N. The van der Waals surface area contributed by atoms with Gasteiger partial charge in [-0.2, -0.15) is 5.26 Å². The minimum atomic E-state index is -2.84. The Morgan fingerprint density at radius 1 is 1.47 bits per heavy atom. The van der Waals surface area contributed by atoms with Crippen molar-refractivity contribution in [2.24, 2.45) is 5.92 Å². The van der Waals surface area contributed by atoms with Crippen LogP contribution in [0, 0.1) is 17.2 Å². The molecule has 0 aromatic heterocycles. The van der Waals surface area contributed by atoms with Crippen LogP contribution in [0.3, 0.4) is 0 Å². The van der Waals surface area contributed by atoms with Crippen molar-refractivity contribution >= 4 is 9.84 Å². The first-order chi connectivity index (χ1) is 6.91. The Kier molecular flexibility index (Phi) is 6.53. The Bertz CT molecular complexity index is 306. The molecule has 0 aliphatic heterocycles. The highest BCUT2D eigenvalue weighted by Gasteiger charge is 2.09. The molecule has 0 aromatic rings. The van der Waals surface area contributed by atoms with Gasteiger partial charge in [-0.15, -0.1) is 0 Å². The molecule has 0 rings (SSSR count). The number of rotatable bonds is 7. The summed E-state index contributed by atoms with van der Waals surface area (Å²) in [6.07, 6.45) is 0.644. The van der Waals surface area contributed by atoms with Gasteiger partial charge in [-0.05, 0) is 26.9 Å². The van der Waals surface area contributed by atoms with Crippen molar-refractivity contribution < 1.29 is 8.42 Å². The molecular weight excluding hydrogens is 212 g/mol. The summed E-state index contributed by atoms with van der Waals surface area (Å²) in [6.45, 7) is 4.95. The lowest BCUT2D eigenvalue weighted by atomic mass is 10.2. The number of nitrogens with zero attached hydrogens (tertiary/aromatic N) is 2. The summed E-state index contributed by atoms with van der Waals surface area (Å²) < 4.78 is 22.4. The maximum atomic E-state index is 11.2. The van der Waals surface area contributed by atoms with E-state index in [0.29, 0.717) is 13.0 Å². The standard InChI is InChI=1S/C10H20N2O2S/c1-4-15(13,14)7-5-6-12(3)9-10(2)8-11/h10H,4-7,9H2,1-3H3. The molecular formula is C10H20N2O2S. The van der Waals surface area contributed by atoms with Crippen LogP contribution in [0.2, 0.25) is 0 Å². The lowest BCUT2D eigenvalue weighted by Gasteiger charge is -2.17. The first-order valence-corrected chi connectivity index (χ1v) is 7.02. The van der Waals surface area contributed by atoms with Gasteiger partial charge in [0.15, 0.2) is 0 Å². The van der Waals surface area contributed by atoms with Gasteiger partial charge in [0.1, 0.15) is 9.84 Å². The quantitative estimate of drug-likeness (QED) is 0.654. The third kappa shape index (κ3) is 7.34. The van der Waals surface area contributed by atoms with Crippen molar-refractivity contribution in [3.63, 3.8) is 0 Å². The molecule has 0 aliphatic carbocycles. The third-order valence-corrected chi connectivity index (χ3v) is 4.03. The number of nitriles is 1. The Hall–Kier alpha value is -0.600. The smallest absolute Gasteiger partial charge is 0.150 e. The van der Waals surface area contributed by atoms with Crippen molar-refractivity contribution in [3.8, 4) is 6.07 Å². The molecule has 1 atom stereocenters. The number of hydrogen-bond donors (Lipinski definition) is 0. The van der Waals surface area contributed by atoms with Crippen LogP contribution < -0.4 is 0 Å². The van der Waals surface area contributed by atoms with Crippen LogP contribution in [0.4, 0.5) is 0 Å². The second-order valence-corrected chi connectivity index (χ2v) is 6.36. The molecule has 4 nitrogen and oxygen atoms in total. The predicted octanol–water partition coefficient (Wildman–Crippen LogP) is 0.903. The van der Waals surface area contributed by atoms with E-state index in [9.17, 15) is 8.42 Å². The van der Waals surface area contributed by atoms with E-state index in [1.807, 2.05) is 18.9 Å². The van der Waals surface area contributed by atoms with Crippen molar-refractivity contribution in [1.29, 1.82) is 5.26 Å². The average molecular weight is 232 g/mol. The summed E-state index contributed by atoms with van der Waals surface area (Å²) in [6, 6.07) is 2.15. The molecule has 0 fully saturated rings. The van der Waals surface area contributed by atoms with Gasteiger partial charge in [0, 0.05) is 12.3 Å². The molecule has 88 valence electrons. The molecule has 1 unspecified atom stereocenters. The summed E-state index contributed by atoms with van der Waals surface area (Å²) in [5.74, 6) is 0.456. The summed E-state index contributed by atoms with van der Waals surface area (Å²) in [5.41, 5.74) is 0. The maximum Gasteiger partial charge on any atom is 0.150 e. The third-order valence-electron chi connectivity index (χ3n) is 2.24. The average Bonchev–Trinajstić information content (AvgIpc) is 2.17. The van der Waals surface area contributed by atoms with Crippen LogP contribution in [0.25, 0.3) is 0 Å². The minimum absolute atomic E-state index is 0.00205. The van der Waals surface area contributed by atoms with Crippen LogP contribution in [0.5, 0.6) is 0 Å². The number of hydrogen-bond acceptors (Lipinski definition) is 4. The van der Waals surface area contributed by atoms with Gasteiger partial charge < -0.3 is 4.90 Å². The molecule has 0 spiro atoms. The van der Waals surface area contributed by atoms with Crippen molar-refractivity contribution in [3.05, 3.63) is 0 Å². The van der Waals surface area contributed by atoms with E-state index < -0.39 is 9.84 Å². The van der Waals surface area contributed by atoms with Gasteiger partial charge in [0.25, 0.3) is 0 Å². The van der Waals surface area contributed by atoms with E-state index in [4.69, 9.17) is 5.26 Å². The first-order valence-electron chi connectivity index (χ1n) is 5.20. The van der Waals surface area contributed by atoms with Crippen LogP contribution >= 0.6 is 0 Å². The Morgan fingerprint density at radius 2 is 2.07 bits per heavy atom. The normalized spacial score (nSPS) is 13.8. The van der Waals surface area contributed by atoms with E-state index in [1.54, 1.807) is 6.92 Å². The molecule has 0 radical (unpaired) electrons. The maximum absolute atomic E-state index is 11.2. The zero-order valence-electron chi connectivity index (χ0n) is 9.73. The van der Waals surface area contributed by atoms with Crippen molar-refractivity contribution in [2.75, 3.05) is 31.6 Å². The molecule has 5 heteroatoms. The van der Waals surface area contributed by atoms with Gasteiger partial charge >= 0.3 is 0 Å². The van der Waals surface area contributed by atoms with E-state index in [0.717, 1.165) is 6.54 Å². The monoisotopic (exact) mass is 232 g/mol. The lowest BCUT2D eigenvalue weighted by Crippen LogP contribution is -2.26. The molecule has 15 heavy (non-hydrogen) atoms. The largest absolute Gasteiger partial charge is 0.305 e. The summed E-state index contributed by atoms with van der Waals surface area (Å²) in [7, 11) is -0.932. The number of sulfone groups is 1. The van der Waals surface area contributed by atoms with Gasteiger partial charge in [-0.3, -0.25) is 0 Å². The highest BCUT2D eigenvalue weighted by atomic mass is 32.2. The topological polar surface area (TPSA) is 61.2 Å². The molecule has 0 N–H and O–H groups in total. The highest BCUT2D eigenvalue weighted by molar-refractivity contribution is 7.91. The van der Waals surface area contributed by atoms with Crippen LogP contribution in [-0.4, -0.2) is 45.0 Å². The molecule has 0 heterocycles. The van der Waals surface area contributed by atoms with Crippen LogP contribution in [0.1, 0.15) is 20.3 Å². The molecule has 0 amide bonds. The molecule has 0 saturated heterocycles. The molecule has 0 bridgehead atoms. The van der Waals surface area contributed by atoms with Gasteiger partial charge in [-0.1, -0.05) is 6.92 Å². The Balaban J connectivity index is 3.74. The Morgan fingerprint density at radius 3 is 2.53 bits per heavy atom. The molecule has 0 aliphatic rings. The zero-order chi connectivity index (χ0) is 11.9. The van der Waals surface area contributed by atoms with Gasteiger partial charge in [-0.25, -0.2) is 8.42 Å². The van der Waals surface area contributed by atoms with Crippen molar-refractivity contribution in [2.45, 2.75) is 20.3 Å². The summed E-state index contributed by atoms with van der Waals surface area (Å²) in [4.78, 5) is 2.00. The first kappa shape index (κ1) is 14.4. The van der Waals surface area contributed by atoms with E-state index in [-0.39, 0.29) is 17.4 Å². The van der Waals surface area contributed by atoms with E-state index in [2.05, 4.69) is 6.07 Å². The van der Waals surface area contributed by atoms with Crippen molar-refractivity contribution in [1.82, 2.24) is 4.90 Å². The predicted molar refractivity (Wildman–Crippen MR) is 61.2 cm³/mol. The summed E-state index contributed by atoms with van der Waals surface area (Å²) in [5, 5.41) is 8.60. The van der Waals surface area contributed by atoms with E-state index >= 15 is 0 Å². The highest BCUT2D eigenvalue weighted by Crippen LogP contribution is 1.99. The second-order valence-electron chi connectivity index (χ2n) is 3.88. The van der Waals surface area contributed by atoms with Gasteiger partial charge in [0.2, 0.25) is 0 Å². The summed E-state index contributed by atoms with van der Waals surface area (Å²) >= 11 is 0. The fraction of sp³-hybridized carbons (Fsp3) is 0.900. The molecule has 0 saturated carbocycles. The minimum Gasteiger partial charge on any atom is -0.305 e. The fourth-order valence-electron chi connectivity index (χ4n) is 1.30. The van der Waals surface area contributed by atoms with Crippen LogP contribution in [-0.2, 0) is 9.84 Å². The zero-order valence-corrected chi connectivity index (χ0v) is 10.5. The Labute approximate surface area is 92.8 Å².